The normalized spacial score (nSPS) is 15.5. The summed E-state index contributed by atoms with van der Waals surface area (Å²) in [5.41, 5.74) is 11.9. The maximum absolute atomic E-state index is 12.4. The molecule has 0 aromatic heterocycles. The summed E-state index contributed by atoms with van der Waals surface area (Å²) in [5, 5.41) is 11.7. The van der Waals surface area contributed by atoms with E-state index in [1.54, 1.807) is 29.2 Å². The summed E-state index contributed by atoms with van der Waals surface area (Å²) in [6.07, 6.45) is 1.16. The van der Waals surface area contributed by atoms with Crippen LogP contribution in [0.3, 0.4) is 0 Å². The Balaban J connectivity index is 1.95. The zero-order chi connectivity index (χ0) is 18.2. The number of hydrogen-bond acceptors (Lipinski definition) is 6. The van der Waals surface area contributed by atoms with Crippen molar-refractivity contribution in [1.82, 2.24) is 15.1 Å². The highest BCUT2D eigenvalue weighted by Crippen LogP contribution is 2.08. The van der Waals surface area contributed by atoms with Gasteiger partial charge in [-0.3, -0.25) is 14.5 Å². The molecule has 0 unspecified atom stereocenters. The smallest absolute Gasteiger partial charge is 0.266 e. The first kappa shape index (κ1) is 18.4. The molecule has 2 amide bonds. The number of anilines is 1. The molecular weight excluding hydrogens is 320 g/mol. The molecule has 0 radical (unpaired) electrons. The van der Waals surface area contributed by atoms with E-state index in [-0.39, 0.29) is 11.5 Å². The molecule has 1 saturated heterocycles. The minimum absolute atomic E-state index is 0.101. The quantitative estimate of drug-likeness (QED) is 0.376. The van der Waals surface area contributed by atoms with Crippen LogP contribution in [0, 0.1) is 11.3 Å². The van der Waals surface area contributed by atoms with E-state index in [2.05, 4.69) is 10.2 Å². The van der Waals surface area contributed by atoms with Crippen molar-refractivity contribution < 1.29 is 9.59 Å². The predicted octanol–water partition coefficient (Wildman–Crippen LogP) is -0.491. The van der Waals surface area contributed by atoms with Gasteiger partial charge in [-0.1, -0.05) is 0 Å². The van der Waals surface area contributed by atoms with Gasteiger partial charge in [0.1, 0.15) is 11.6 Å². The summed E-state index contributed by atoms with van der Waals surface area (Å²) < 4.78 is 0. The average molecular weight is 342 g/mol. The SMILES string of the molecule is N#C/C(=C/NC(=O)c1ccc(N)cc1)C(=O)N1CCN(CCN)CC1. The number of carbonyl (C=O) groups is 2. The second kappa shape index (κ2) is 8.82. The van der Waals surface area contributed by atoms with Crippen LogP contribution in [0.4, 0.5) is 5.69 Å². The number of nitrogens with two attached hydrogens (primary N) is 2. The van der Waals surface area contributed by atoms with Crippen molar-refractivity contribution in [3.8, 4) is 6.07 Å². The van der Waals surface area contributed by atoms with Crippen molar-refractivity contribution in [1.29, 1.82) is 5.26 Å². The van der Waals surface area contributed by atoms with Crippen LogP contribution >= 0.6 is 0 Å². The molecule has 1 aliphatic rings. The summed E-state index contributed by atoms with van der Waals surface area (Å²) in [4.78, 5) is 28.2. The lowest BCUT2D eigenvalue weighted by molar-refractivity contribution is -0.128. The summed E-state index contributed by atoms with van der Waals surface area (Å²) in [6.45, 7) is 3.88. The van der Waals surface area contributed by atoms with Crippen molar-refractivity contribution >= 4 is 17.5 Å². The van der Waals surface area contributed by atoms with E-state index in [1.165, 1.54) is 0 Å². The number of benzene rings is 1. The zero-order valence-electron chi connectivity index (χ0n) is 13.9. The summed E-state index contributed by atoms with van der Waals surface area (Å²) in [7, 11) is 0. The van der Waals surface area contributed by atoms with Crippen LogP contribution in [0.2, 0.25) is 0 Å². The summed E-state index contributed by atoms with van der Waals surface area (Å²) in [5.74, 6) is -0.791. The molecule has 0 bridgehead atoms. The van der Waals surface area contributed by atoms with Crippen LogP contribution < -0.4 is 16.8 Å². The highest BCUT2D eigenvalue weighted by atomic mass is 16.2. The lowest BCUT2D eigenvalue weighted by Crippen LogP contribution is -2.50. The van der Waals surface area contributed by atoms with Crippen LogP contribution in [0.25, 0.3) is 0 Å². The number of nitrogens with one attached hydrogen (secondary N) is 1. The largest absolute Gasteiger partial charge is 0.399 e. The van der Waals surface area contributed by atoms with Crippen molar-refractivity contribution in [2.45, 2.75) is 0 Å². The third kappa shape index (κ3) is 5.04. The maximum atomic E-state index is 12.4. The topological polar surface area (TPSA) is 128 Å². The minimum atomic E-state index is -0.409. The Hall–Kier alpha value is -2.89. The second-order valence-corrected chi connectivity index (χ2v) is 5.69. The first-order valence-corrected chi connectivity index (χ1v) is 8.03. The van der Waals surface area contributed by atoms with Crippen molar-refractivity contribution in [3.63, 3.8) is 0 Å². The Kier molecular flexibility index (Phi) is 6.51. The molecule has 8 nitrogen and oxygen atoms in total. The third-order valence-corrected chi connectivity index (χ3v) is 3.98. The van der Waals surface area contributed by atoms with Crippen LogP contribution in [0.5, 0.6) is 0 Å². The summed E-state index contributed by atoms with van der Waals surface area (Å²) in [6, 6.07) is 8.21. The Morgan fingerprint density at radius 3 is 2.40 bits per heavy atom. The van der Waals surface area contributed by atoms with Gasteiger partial charge in [0.2, 0.25) is 0 Å². The molecule has 1 heterocycles. The molecule has 0 atom stereocenters. The summed E-state index contributed by atoms with van der Waals surface area (Å²) >= 11 is 0. The molecule has 1 aromatic rings. The number of carbonyl (C=O) groups excluding carboxylic acids is 2. The fourth-order valence-corrected chi connectivity index (χ4v) is 2.52. The minimum Gasteiger partial charge on any atom is -0.399 e. The van der Waals surface area contributed by atoms with E-state index >= 15 is 0 Å². The predicted molar refractivity (Wildman–Crippen MR) is 94.1 cm³/mol. The van der Waals surface area contributed by atoms with Crippen LogP contribution in [-0.4, -0.2) is 60.9 Å². The molecule has 8 heteroatoms. The van der Waals surface area contributed by atoms with Gasteiger partial charge in [-0.2, -0.15) is 5.26 Å². The Morgan fingerprint density at radius 1 is 1.20 bits per heavy atom. The number of rotatable bonds is 5. The molecule has 0 saturated carbocycles. The van der Waals surface area contributed by atoms with Gasteiger partial charge in [-0.15, -0.1) is 0 Å². The van der Waals surface area contributed by atoms with Crippen molar-refractivity contribution in [2.24, 2.45) is 5.73 Å². The number of nitriles is 1. The van der Waals surface area contributed by atoms with E-state index in [0.717, 1.165) is 25.8 Å². The molecule has 2 rings (SSSR count). The molecule has 132 valence electrons. The fraction of sp³-hybridized carbons (Fsp3) is 0.353. The highest BCUT2D eigenvalue weighted by molar-refractivity contribution is 5.99. The van der Waals surface area contributed by atoms with E-state index in [0.29, 0.717) is 30.9 Å². The second-order valence-electron chi connectivity index (χ2n) is 5.69. The molecule has 25 heavy (non-hydrogen) atoms. The molecular formula is C17H22N6O2. The van der Waals surface area contributed by atoms with E-state index < -0.39 is 5.91 Å². The van der Waals surface area contributed by atoms with Gasteiger partial charge in [0, 0.05) is 56.7 Å². The molecule has 5 N–H and O–H groups in total. The van der Waals surface area contributed by atoms with Gasteiger partial charge in [-0.25, -0.2) is 0 Å². The third-order valence-electron chi connectivity index (χ3n) is 3.98. The van der Waals surface area contributed by atoms with Gasteiger partial charge in [0.25, 0.3) is 11.8 Å². The van der Waals surface area contributed by atoms with Crippen LogP contribution in [0.1, 0.15) is 10.4 Å². The average Bonchev–Trinajstić information content (AvgIpc) is 2.63. The van der Waals surface area contributed by atoms with Crippen LogP contribution in [0.15, 0.2) is 36.0 Å². The number of nitrogen functional groups attached to an aromatic ring is 1. The molecule has 1 aromatic carbocycles. The monoisotopic (exact) mass is 342 g/mol. The van der Waals surface area contributed by atoms with Crippen molar-refractivity contribution in [3.05, 3.63) is 41.6 Å². The Labute approximate surface area is 146 Å². The van der Waals surface area contributed by atoms with Gasteiger partial charge >= 0.3 is 0 Å². The molecule has 0 spiro atoms. The van der Waals surface area contributed by atoms with Gasteiger partial charge in [0.05, 0.1) is 0 Å². The van der Waals surface area contributed by atoms with Gasteiger partial charge in [0.15, 0.2) is 0 Å². The maximum Gasteiger partial charge on any atom is 0.266 e. The number of amides is 2. The van der Waals surface area contributed by atoms with E-state index in [9.17, 15) is 14.9 Å². The lowest BCUT2D eigenvalue weighted by Gasteiger charge is -2.34. The first-order chi connectivity index (χ1) is 12.0. The molecule has 1 fully saturated rings. The molecule has 0 aliphatic carbocycles. The van der Waals surface area contributed by atoms with Gasteiger partial charge < -0.3 is 21.7 Å². The fourth-order valence-electron chi connectivity index (χ4n) is 2.52. The standard InChI is InChI=1S/C17H22N6O2/c18-5-6-22-7-9-23(10-8-22)17(25)14(11-19)12-21-16(24)13-1-3-15(20)4-2-13/h1-4,12H,5-10,18,20H2,(H,21,24)/b14-12-. The van der Waals surface area contributed by atoms with Crippen LogP contribution in [-0.2, 0) is 4.79 Å². The van der Waals surface area contributed by atoms with E-state index in [4.69, 9.17) is 11.5 Å². The van der Waals surface area contributed by atoms with Crippen molar-refractivity contribution in [2.75, 3.05) is 45.0 Å². The zero-order valence-corrected chi connectivity index (χ0v) is 13.9. The first-order valence-electron chi connectivity index (χ1n) is 8.03. The number of hydrogen-bond donors (Lipinski definition) is 3. The van der Waals surface area contributed by atoms with Gasteiger partial charge in [-0.05, 0) is 24.3 Å². The lowest BCUT2D eigenvalue weighted by atomic mass is 10.2. The number of nitrogens with zero attached hydrogens (tertiary/aromatic N) is 3. The number of piperazine rings is 1. The highest BCUT2D eigenvalue weighted by Gasteiger charge is 2.23. The Bertz CT molecular complexity index is 684. The van der Waals surface area contributed by atoms with E-state index in [1.807, 2.05) is 6.07 Å². The molecule has 1 aliphatic heterocycles. The Morgan fingerprint density at radius 2 is 1.84 bits per heavy atom.